The number of furan rings is 1. The Kier molecular flexibility index (Phi) is 6.40. The van der Waals surface area contributed by atoms with Crippen LogP contribution < -0.4 is 10.6 Å². The molecule has 2 unspecified atom stereocenters. The lowest BCUT2D eigenvalue weighted by atomic mass is 9.90. The molecule has 1 aromatic carbocycles. The van der Waals surface area contributed by atoms with Crippen molar-refractivity contribution in [2.24, 2.45) is 0 Å². The number of halogens is 2. The zero-order valence-electron chi connectivity index (χ0n) is 13.9. The molecule has 0 aliphatic heterocycles. The van der Waals surface area contributed by atoms with Gasteiger partial charge < -0.3 is 15.1 Å². The van der Waals surface area contributed by atoms with Gasteiger partial charge in [-0.1, -0.05) is 36.0 Å². The summed E-state index contributed by atoms with van der Waals surface area (Å²) >= 11 is 11.9. The van der Waals surface area contributed by atoms with E-state index in [0.717, 1.165) is 38.0 Å². The van der Waals surface area contributed by atoms with E-state index < -0.39 is 0 Å². The topological polar surface area (TPSA) is 54.3 Å². The number of amides is 1. The molecule has 1 fully saturated rings. The average Bonchev–Trinajstić information content (AvgIpc) is 3.12. The SMILES string of the molecule is O=C(NC1CCCCC1NCCc1ccco1)c1ccc(Cl)c(Cl)c1. The minimum atomic E-state index is -0.108. The van der Waals surface area contributed by atoms with Gasteiger partial charge in [-0.3, -0.25) is 4.79 Å². The highest BCUT2D eigenvalue weighted by Crippen LogP contribution is 2.23. The second-order valence-corrected chi connectivity index (χ2v) is 7.20. The molecule has 4 nitrogen and oxygen atoms in total. The van der Waals surface area contributed by atoms with Crippen LogP contribution in [0.1, 0.15) is 41.8 Å². The Morgan fingerprint density at radius 3 is 2.64 bits per heavy atom. The first-order chi connectivity index (χ1) is 12.1. The van der Waals surface area contributed by atoms with Crippen LogP contribution in [-0.4, -0.2) is 24.5 Å². The summed E-state index contributed by atoms with van der Waals surface area (Å²) in [7, 11) is 0. The zero-order valence-corrected chi connectivity index (χ0v) is 15.4. The number of nitrogens with one attached hydrogen (secondary N) is 2. The first kappa shape index (κ1) is 18.3. The molecule has 2 N–H and O–H groups in total. The van der Waals surface area contributed by atoms with Gasteiger partial charge in [0.25, 0.3) is 5.91 Å². The predicted molar refractivity (Wildman–Crippen MR) is 100 cm³/mol. The van der Waals surface area contributed by atoms with Gasteiger partial charge in [-0.05, 0) is 43.2 Å². The molecule has 1 heterocycles. The van der Waals surface area contributed by atoms with Gasteiger partial charge in [-0.15, -0.1) is 0 Å². The molecular weight excluding hydrogens is 359 g/mol. The number of hydrogen-bond acceptors (Lipinski definition) is 3. The van der Waals surface area contributed by atoms with Crippen molar-refractivity contribution in [3.05, 3.63) is 58.0 Å². The van der Waals surface area contributed by atoms with Crippen molar-refractivity contribution in [1.82, 2.24) is 10.6 Å². The Morgan fingerprint density at radius 1 is 1.12 bits per heavy atom. The summed E-state index contributed by atoms with van der Waals surface area (Å²) in [6.45, 7) is 0.831. The molecule has 2 atom stereocenters. The standard InChI is InChI=1S/C19H22Cl2N2O2/c20-15-8-7-13(12-16(15)21)19(24)23-18-6-2-1-5-17(18)22-10-9-14-4-3-11-25-14/h3-4,7-8,11-12,17-18,22H,1-2,5-6,9-10H2,(H,23,24). The first-order valence-corrected chi connectivity index (χ1v) is 9.41. The number of carbonyl (C=O) groups excluding carboxylic acids is 1. The molecule has 0 spiro atoms. The Morgan fingerprint density at radius 2 is 1.92 bits per heavy atom. The van der Waals surface area contributed by atoms with Gasteiger partial charge in [0.1, 0.15) is 5.76 Å². The summed E-state index contributed by atoms with van der Waals surface area (Å²) in [6.07, 6.45) is 6.88. The van der Waals surface area contributed by atoms with E-state index in [-0.39, 0.29) is 18.0 Å². The van der Waals surface area contributed by atoms with Crippen LogP contribution in [0.15, 0.2) is 41.0 Å². The van der Waals surface area contributed by atoms with E-state index in [9.17, 15) is 4.79 Å². The highest BCUT2D eigenvalue weighted by atomic mass is 35.5. The van der Waals surface area contributed by atoms with Crippen LogP contribution in [-0.2, 0) is 6.42 Å². The number of carbonyl (C=O) groups is 1. The highest BCUT2D eigenvalue weighted by molar-refractivity contribution is 6.42. The minimum Gasteiger partial charge on any atom is -0.469 e. The van der Waals surface area contributed by atoms with Crippen LogP contribution in [0.3, 0.4) is 0 Å². The molecule has 0 radical (unpaired) electrons. The maximum absolute atomic E-state index is 12.5. The third kappa shape index (κ3) is 5.00. The van der Waals surface area contributed by atoms with E-state index in [1.54, 1.807) is 24.5 Å². The van der Waals surface area contributed by atoms with Gasteiger partial charge in [0.05, 0.1) is 16.3 Å². The van der Waals surface area contributed by atoms with E-state index >= 15 is 0 Å². The fraction of sp³-hybridized carbons (Fsp3) is 0.421. The van der Waals surface area contributed by atoms with E-state index in [2.05, 4.69) is 10.6 Å². The largest absolute Gasteiger partial charge is 0.469 e. The molecule has 1 aliphatic rings. The molecular formula is C19H22Cl2N2O2. The van der Waals surface area contributed by atoms with E-state index in [0.29, 0.717) is 15.6 Å². The normalized spacial score (nSPS) is 20.4. The zero-order chi connectivity index (χ0) is 17.6. The molecule has 1 saturated carbocycles. The summed E-state index contributed by atoms with van der Waals surface area (Å²) in [6, 6.07) is 9.23. The van der Waals surface area contributed by atoms with Crippen LogP contribution in [0.25, 0.3) is 0 Å². The van der Waals surface area contributed by atoms with Crippen LogP contribution >= 0.6 is 23.2 Å². The average molecular weight is 381 g/mol. The van der Waals surface area contributed by atoms with Crippen molar-refractivity contribution >= 4 is 29.1 Å². The van der Waals surface area contributed by atoms with Gasteiger partial charge in [0.15, 0.2) is 0 Å². The monoisotopic (exact) mass is 380 g/mol. The lowest BCUT2D eigenvalue weighted by Gasteiger charge is -2.33. The fourth-order valence-electron chi connectivity index (χ4n) is 3.27. The summed E-state index contributed by atoms with van der Waals surface area (Å²) < 4.78 is 5.36. The summed E-state index contributed by atoms with van der Waals surface area (Å²) in [5, 5.41) is 7.56. The van der Waals surface area contributed by atoms with Crippen molar-refractivity contribution in [3.8, 4) is 0 Å². The second-order valence-electron chi connectivity index (χ2n) is 6.38. The molecule has 6 heteroatoms. The maximum atomic E-state index is 12.5. The van der Waals surface area contributed by atoms with Gasteiger partial charge >= 0.3 is 0 Å². The van der Waals surface area contributed by atoms with Crippen LogP contribution in [0.5, 0.6) is 0 Å². The van der Waals surface area contributed by atoms with Crippen molar-refractivity contribution in [1.29, 1.82) is 0 Å². The van der Waals surface area contributed by atoms with Crippen LogP contribution in [0, 0.1) is 0 Å². The van der Waals surface area contributed by atoms with Crippen LogP contribution in [0.4, 0.5) is 0 Å². The number of rotatable bonds is 6. The fourth-order valence-corrected chi connectivity index (χ4v) is 3.57. The Balaban J connectivity index is 1.56. The molecule has 2 aromatic rings. The van der Waals surface area contributed by atoms with Crippen LogP contribution in [0.2, 0.25) is 10.0 Å². The van der Waals surface area contributed by atoms with Crippen molar-refractivity contribution in [3.63, 3.8) is 0 Å². The summed E-state index contributed by atoms with van der Waals surface area (Å²) in [5.74, 6) is 0.864. The molecule has 134 valence electrons. The molecule has 1 aromatic heterocycles. The molecule has 0 saturated heterocycles. The first-order valence-electron chi connectivity index (χ1n) is 8.65. The third-order valence-corrected chi connectivity index (χ3v) is 5.36. The van der Waals surface area contributed by atoms with E-state index in [4.69, 9.17) is 27.6 Å². The minimum absolute atomic E-state index is 0.108. The van der Waals surface area contributed by atoms with E-state index in [1.807, 2.05) is 12.1 Å². The van der Waals surface area contributed by atoms with Gasteiger partial charge in [0.2, 0.25) is 0 Å². The molecule has 25 heavy (non-hydrogen) atoms. The van der Waals surface area contributed by atoms with Gasteiger partial charge in [-0.25, -0.2) is 0 Å². The lowest BCUT2D eigenvalue weighted by Crippen LogP contribution is -2.52. The second kappa shape index (κ2) is 8.75. The molecule has 1 aliphatic carbocycles. The molecule has 3 rings (SSSR count). The van der Waals surface area contributed by atoms with Gasteiger partial charge in [-0.2, -0.15) is 0 Å². The smallest absolute Gasteiger partial charge is 0.251 e. The maximum Gasteiger partial charge on any atom is 0.251 e. The molecule has 1 amide bonds. The van der Waals surface area contributed by atoms with Crippen molar-refractivity contribution in [2.75, 3.05) is 6.54 Å². The summed E-state index contributed by atoms with van der Waals surface area (Å²) in [5.41, 5.74) is 0.536. The van der Waals surface area contributed by atoms with Crippen molar-refractivity contribution in [2.45, 2.75) is 44.2 Å². The third-order valence-electron chi connectivity index (χ3n) is 4.62. The predicted octanol–water partition coefficient (Wildman–Crippen LogP) is 4.46. The number of benzene rings is 1. The van der Waals surface area contributed by atoms with E-state index in [1.165, 1.54) is 6.42 Å². The Bertz CT molecular complexity index is 703. The molecule has 0 bridgehead atoms. The number of hydrogen-bond donors (Lipinski definition) is 2. The van der Waals surface area contributed by atoms with Gasteiger partial charge in [0, 0.05) is 30.6 Å². The quantitative estimate of drug-likeness (QED) is 0.777. The van der Waals surface area contributed by atoms with Crippen molar-refractivity contribution < 1.29 is 9.21 Å². The Hall–Kier alpha value is -1.49. The lowest BCUT2D eigenvalue weighted by molar-refractivity contribution is 0.0915. The highest BCUT2D eigenvalue weighted by Gasteiger charge is 2.26. The summed E-state index contributed by atoms with van der Waals surface area (Å²) in [4.78, 5) is 12.5. The Labute approximate surface area is 157 Å².